The van der Waals surface area contributed by atoms with E-state index < -0.39 is 12.1 Å². The van der Waals surface area contributed by atoms with Crippen LogP contribution in [0.15, 0.2) is 23.7 Å². The van der Waals surface area contributed by atoms with E-state index in [1.54, 1.807) is 17.5 Å². The first kappa shape index (κ1) is 24.5. The zero-order chi connectivity index (χ0) is 23.0. The number of anilines is 1. The first-order valence-electron chi connectivity index (χ1n) is 9.37. The quantitative estimate of drug-likeness (QED) is 0.733. The molecular formula is C19H23F3N4O4S. The van der Waals surface area contributed by atoms with Crippen LogP contribution in [0.3, 0.4) is 0 Å². The van der Waals surface area contributed by atoms with E-state index in [9.17, 15) is 18.0 Å². The highest BCUT2D eigenvalue weighted by Gasteiger charge is 2.38. The molecule has 0 atom stereocenters. The van der Waals surface area contributed by atoms with E-state index in [-0.39, 0.29) is 12.5 Å². The molecule has 2 aromatic rings. The lowest BCUT2D eigenvalue weighted by Crippen LogP contribution is -2.37. The van der Waals surface area contributed by atoms with Crippen molar-refractivity contribution in [1.29, 1.82) is 0 Å². The van der Waals surface area contributed by atoms with Gasteiger partial charge in [0.25, 0.3) is 0 Å². The third-order valence-electron chi connectivity index (χ3n) is 4.21. The zero-order valence-corrected chi connectivity index (χ0v) is 17.9. The van der Waals surface area contributed by atoms with Crippen LogP contribution in [0, 0.1) is 6.92 Å². The predicted molar refractivity (Wildman–Crippen MR) is 108 cm³/mol. The molecule has 0 aliphatic carbocycles. The number of nitrogens with zero attached hydrogens (tertiary/aromatic N) is 4. The van der Waals surface area contributed by atoms with Gasteiger partial charge >= 0.3 is 12.1 Å². The average molecular weight is 460 g/mol. The molecule has 1 N–H and O–H groups in total. The lowest BCUT2D eigenvalue weighted by atomic mass is 10.2. The number of hydrogen-bond acceptors (Lipinski definition) is 7. The summed E-state index contributed by atoms with van der Waals surface area (Å²) in [6.07, 6.45) is -3.28. The summed E-state index contributed by atoms with van der Waals surface area (Å²) >= 11 is 1.65. The molecule has 0 unspecified atom stereocenters. The third-order valence-corrected chi connectivity index (χ3v) is 5.03. The fourth-order valence-electron chi connectivity index (χ4n) is 2.79. The first-order valence-corrected chi connectivity index (χ1v) is 10.2. The van der Waals surface area contributed by atoms with Crippen molar-refractivity contribution in [2.24, 2.45) is 0 Å². The highest BCUT2D eigenvalue weighted by Crippen LogP contribution is 2.24. The minimum Gasteiger partial charge on any atom is -0.475 e. The summed E-state index contributed by atoms with van der Waals surface area (Å²) in [5.74, 6) is -1.79. The number of thiazole rings is 1. The second kappa shape index (κ2) is 11.0. The fourth-order valence-corrected chi connectivity index (χ4v) is 3.40. The van der Waals surface area contributed by atoms with E-state index >= 15 is 0 Å². The van der Waals surface area contributed by atoms with Gasteiger partial charge in [-0.2, -0.15) is 13.2 Å². The molecule has 0 radical (unpaired) electrons. The van der Waals surface area contributed by atoms with Crippen molar-refractivity contribution in [1.82, 2.24) is 14.9 Å². The van der Waals surface area contributed by atoms with Gasteiger partial charge in [-0.05, 0) is 19.9 Å². The van der Waals surface area contributed by atoms with E-state index in [0.717, 1.165) is 28.6 Å². The Morgan fingerprint density at radius 3 is 2.61 bits per heavy atom. The second-order valence-corrected chi connectivity index (χ2v) is 7.58. The molecule has 170 valence electrons. The van der Waals surface area contributed by atoms with Gasteiger partial charge in [0.2, 0.25) is 5.91 Å². The maximum Gasteiger partial charge on any atom is 0.490 e. The molecule has 1 aliphatic rings. The van der Waals surface area contributed by atoms with Crippen LogP contribution in [0.5, 0.6) is 0 Å². The van der Waals surface area contributed by atoms with Crippen molar-refractivity contribution in [3.63, 3.8) is 0 Å². The zero-order valence-electron chi connectivity index (χ0n) is 17.1. The summed E-state index contributed by atoms with van der Waals surface area (Å²) in [4.78, 5) is 34.4. The monoisotopic (exact) mass is 460 g/mol. The molecule has 0 saturated carbocycles. The number of carbonyl (C=O) groups excluding carboxylic acids is 1. The van der Waals surface area contributed by atoms with Gasteiger partial charge in [-0.15, -0.1) is 11.3 Å². The third kappa shape index (κ3) is 7.47. The molecule has 0 fully saturated rings. The molecule has 1 aliphatic heterocycles. The number of aliphatic carboxylic acids is 1. The summed E-state index contributed by atoms with van der Waals surface area (Å²) in [5, 5.41) is 10.3. The number of carboxylic acid groups (broad SMARTS) is 1. The molecule has 3 heterocycles. The van der Waals surface area contributed by atoms with Gasteiger partial charge in [0, 0.05) is 43.4 Å². The number of ether oxygens (including phenoxy) is 1. The van der Waals surface area contributed by atoms with Crippen molar-refractivity contribution >= 4 is 29.0 Å². The van der Waals surface area contributed by atoms with Crippen LogP contribution in [0.2, 0.25) is 0 Å². The Hall–Kier alpha value is -2.73. The first-order chi connectivity index (χ1) is 14.6. The normalized spacial score (nSPS) is 13.7. The van der Waals surface area contributed by atoms with E-state index in [1.807, 2.05) is 30.9 Å². The Morgan fingerprint density at radius 1 is 1.32 bits per heavy atom. The SMILES string of the molecule is CCOCC(=O)N1CCN(Cc2csc(C)n2)c2ncccc2C1.O=C(O)C(F)(F)F. The number of rotatable bonds is 5. The van der Waals surface area contributed by atoms with Crippen molar-refractivity contribution < 1.29 is 32.6 Å². The van der Waals surface area contributed by atoms with Gasteiger partial charge in [0.05, 0.1) is 17.2 Å². The maximum atomic E-state index is 12.3. The minimum atomic E-state index is -5.08. The summed E-state index contributed by atoms with van der Waals surface area (Å²) < 4.78 is 37.0. The highest BCUT2D eigenvalue weighted by molar-refractivity contribution is 7.09. The van der Waals surface area contributed by atoms with E-state index in [2.05, 4.69) is 20.2 Å². The van der Waals surface area contributed by atoms with Crippen LogP contribution in [0.4, 0.5) is 19.0 Å². The number of halogens is 3. The van der Waals surface area contributed by atoms with Crippen LogP contribution in [0.1, 0.15) is 23.2 Å². The Bertz CT molecular complexity index is 891. The number of fused-ring (bicyclic) bond motifs is 1. The second-order valence-electron chi connectivity index (χ2n) is 6.52. The number of hydrogen-bond donors (Lipinski definition) is 1. The van der Waals surface area contributed by atoms with Crippen molar-refractivity contribution in [2.45, 2.75) is 33.1 Å². The van der Waals surface area contributed by atoms with Crippen LogP contribution in [-0.2, 0) is 27.4 Å². The molecule has 2 aromatic heterocycles. The molecule has 31 heavy (non-hydrogen) atoms. The van der Waals surface area contributed by atoms with E-state index in [1.165, 1.54) is 0 Å². The van der Waals surface area contributed by atoms with Crippen molar-refractivity contribution in [2.75, 3.05) is 31.2 Å². The summed E-state index contributed by atoms with van der Waals surface area (Å²) in [5.41, 5.74) is 2.11. The summed E-state index contributed by atoms with van der Waals surface area (Å²) in [6, 6.07) is 3.95. The van der Waals surface area contributed by atoms with Crippen LogP contribution < -0.4 is 4.90 Å². The van der Waals surface area contributed by atoms with Crippen molar-refractivity contribution in [3.05, 3.63) is 40.0 Å². The number of aromatic nitrogens is 2. The average Bonchev–Trinajstić information content (AvgIpc) is 3.03. The fraction of sp³-hybridized carbons (Fsp3) is 0.474. The van der Waals surface area contributed by atoms with Crippen LogP contribution in [0.25, 0.3) is 0 Å². The molecule has 12 heteroatoms. The van der Waals surface area contributed by atoms with E-state index in [4.69, 9.17) is 14.6 Å². The number of alkyl halides is 3. The predicted octanol–water partition coefficient (Wildman–Crippen LogP) is 2.87. The highest BCUT2D eigenvalue weighted by atomic mass is 32.1. The van der Waals surface area contributed by atoms with Gasteiger partial charge in [-0.25, -0.2) is 14.8 Å². The molecule has 0 bridgehead atoms. The largest absolute Gasteiger partial charge is 0.490 e. The topological polar surface area (TPSA) is 95.9 Å². The van der Waals surface area contributed by atoms with Gasteiger partial charge in [0.15, 0.2) is 0 Å². The lowest BCUT2D eigenvalue weighted by Gasteiger charge is -2.23. The lowest BCUT2D eigenvalue weighted by molar-refractivity contribution is -0.192. The molecule has 1 amide bonds. The molecule has 0 aromatic carbocycles. The van der Waals surface area contributed by atoms with Crippen LogP contribution >= 0.6 is 11.3 Å². The van der Waals surface area contributed by atoms with Crippen LogP contribution in [-0.4, -0.2) is 64.3 Å². The Kier molecular flexibility index (Phi) is 8.75. The van der Waals surface area contributed by atoms with Gasteiger partial charge in [0.1, 0.15) is 12.4 Å². The minimum absolute atomic E-state index is 0.0259. The molecular weight excluding hydrogens is 437 g/mol. The number of aryl methyl sites for hydroxylation is 1. The summed E-state index contributed by atoms with van der Waals surface area (Å²) in [7, 11) is 0. The number of amides is 1. The maximum absolute atomic E-state index is 12.3. The Balaban J connectivity index is 0.000000423. The standard InChI is InChI=1S/C17H22N4O2S.C2HF3O2/c1-3-23-11-16(22)20-7-8-21(10-15-12-24-13(2)19-15)17-14(9-20)5-4-6-18-17;3-2(4,5)1(6)7/h4-6,12H,3,7-11H2,1-2H3;(H,6,7). The number of pyridine rings is 1. The van der Waals surface area contributed by atoms with Gasteiger partial charge < -0.3 is 19.6 Å². The smallest absolute Gasteiger partial charge is 0.475 e. The molecule has 8 nitrogen and oxygen atoms in total. The molecule has 0 spiro atoms. The van der Waals surface area contributed by atoms with Gasteiger partial charge in [-0.3, -0.25) is 4.79 Å². The number of carboxylic acids is 1. The summed E-state index contributed by atoms with van der Waals surface area (Å²) in [6.45, 7) is 7.27. The number of carbonyl (C=O) groups is 2. The Labute approximate surface area is 181 Å². The van der Waals surface area contributed by atoms with Gasteiger partial charge in [-0.1, -0.05) is 6.07 Å². The van der Waals surface area contributed by atoms with Crippen molar-refractivity contribution in [3.8, 4) is 0 Å². The Morgan fingerprint density at radius 2 is 2.03 bits per heavy atom. The molecule has 0 saturated heterocycles. The van der Waals surface area contributed by atoms with E-state index in [0.29, 0.717) is 26.2 Å². The molecule has 3 rings (SSSR count).